The van der Waals surface area contributed by atoms with Crippen molar-refractivity contribution >= 4 is 5.91 Å². The maximum Gasteiger partial charge on any atom is 0.222 e. The molecular weight excluding hydrogens is 304 g/mol. The summed E-state index contributed by atoms with van der Waals surface area (Å²) in [4.78, 5) is 20.9. The van der Waals surface area contributed by atoms with Crippen LogP contribution in [0.5, 0.6) is 0 Å². The molecule has 0 aromatic carbocycles. The second kappa shape index (κ2) is 6.43. The van der Waals surface area contributed by atoms with Gasteiger partial charge in [-0.2, -0.15) is 0 Å². The van der Waals surface area contributed by atoms with Gasteiger partial charge in [0.2, 0.25) is 5.91 Å². The van der Waals surface area contributed by atoms with E-state index < -0.39 is 0 Å². The predicted molar refractivity (Wildman–Crippen MR) is 89.1 cm³/mol. The minimum Gasteiger partial charge on any atom is -0.465 e. The van der Waals surface area contributed by atoms with Crippen molar-refractivity contribution in [3.63, 3.8) is 0 Å². The van der Waals surface area contributed by atoms with E-state index in [1.54, 1.807) is 0 Å². The van der Waals surface area contributed by atoms with Crippen LogP contribution in [0.2, 0.25) is 0 Å². The van der Waals surface area contributed by atoms with Crippen molar-refractivity contribution < 1.29 is 9.21 Å². The van der Waals surface area contributed by atoms with E-state index in [2.05, 4.69) is 20.6 Å². The zero-order valence-electron chi connectivity index (χ0n) is 14.1. The van der Waals surface area contributed by atoms with Gasteiger partial charge in [-0.05, 0) is 25.5 Å². The zero-order valence-corrected chi connectivity index (χ0v) is 14.1. The molecule has 0 unspecified atom stereocenters. The van der Waals surface area contributed by atoms with Crippen LogP contribution in [0.3, 0.4) is 0 Å². The highest BCUT2D eigenvalue weighted by molar-refractivity contribution is 5.78. The van der Waals surface area contributed by atoms with Gasteiger partial charge >= 0.3 is 0 Å². The lowest BCUT2D eigenvalue weighted by Gasteiger charge is -2.26. The van der Waals surface area contributed by atoms with Crippen LogP contribution in [-0.4, -0.2) is 44.9 Å². The maximum absolute atomic E-state index is 12.0. The molecule has 0 N–H and O–H groups in total. The van der Waals surface area contributed by atoms with Gasteiger partial charge < -0.3 is 13.9 Å². The number of fused-ring (bicyclic) bond motifs is 1. The lowest BCUT2D eigenvalue weighted by molar-refractivity contribution is -0.128. The molecule has 6 heteroatoms. The molecule has 0 spiro atoms. The van der Waals surface area contributed by atoms with Gasteiger partial charge in [0.15, 0.2) is 0 Å². The van der Waals surface area contributed by atoms with Crippen molar-refractivity contribution in [2.45, 2.75) is 39.4 Å². The Labute approximate surface area is 142 Å². The van der Waals surface area contributed by atoms with Crippen molar-refractivity contribution in [2.75, 3.05) is 19.6 Å². The largest absolute Gasteiger partial charge is 0.465 e. The normalized spacial score (nSPS) is 22.0. The average molecular weight is 328 g/mol. The number of rotatable bonds is 4. The Hall–Kier alpha value is -2.08. The van der Waals surface area contributed by atoms with Crippen molar-refractivity contribution in [1.82, 2.24) is 19.4 Å². The molecule has 4 heterocycles. The number of likely N-dealkylation sites (tertiary alicyclic amines) is 1. The molecule has 2 aromatic rings. The molecule has 2 aliphatic heterocycles. The highest BCUT2D eigenvalue weighted by atomic mass is 16.3. The fourth-order valence-electron chi connectivity index (χ4n) is 3.86. The summed E-state index contributed by atoms with van der Waals surface area (Å²) in [6, 6.07) is 4.06. The van der Waals surface area contributed by atoms with Crippen LogP contribution in [-0.2, 0) is 24.4 Å². The molecule has 0 bridgehead atoms. The fourth-order valence-corrected chi connectivity index (χ4v) is 3.86. The van der Waals surface area contributed by atoms with Crippen LogP contribution in [0.15, 0.2) is 28.9 Å². The van der Waals surface area contributed by atoms with Gasteiger partial charge in [-0.3, -0.25) is 9.69 Å². The molecule has 1 saturated heterocycles. The number of furan rings is 1. The quantitative estimate of drug-likeness (QED) is 0.862. The Morgan fingerprint density at radius 2 is 2.25 bits per heavy atom. The topological polar surface area (TPSA) is 54.5 Å². The lowest BCUT2D eigenvalue weighted by Crippen LogP contribution is -2.37. The monoisotopic (exact) mass is 328 g/mol. The van der Waals surface area contributed by atoms with E-state index in [9.17, 15) is 4.79 Å². The SMILES string of the molecule is Cc1ccc(CN2Cc3nccn3C[C@H](CN3CCCC3=O)C2)o1. The van der Waals surface area contributed by atoms with E-state index in [1.807, 2.05) is 30.2 Å². The summed E-state index contributed by atoms with van der Waals surface area (Å²) in [5, 5.41) is 0. The first-order valence-electron chi connectivity index (χ1n) is 8.73. The van der Waals surface area contributed by atoms with Gasteiger partial charge in [-0.15, -0.1) is 0 Å². The summed E-state index contributed by atoms with van der Waals surface area (Å²) in [6.07, 6.45) is 5.62. The fraction of sp³-hybridized carbons (Fsp3) is 0.556. The van der Waals surface area contributed by atoms with Crippen molar-refractivity contribution in [1.29, 1.82) is 0 Å². The first kappa shape index (κ1) is 15.4. The van der Waals surface area contributed by atoms with Crippen LogP contribution in [0.4, 0.5) is 0 Å². The van der Waals surface area contributed by atoms with Crippen molar-refractivity contribution in [2.24, 2.45) is 5.92 Å². The molecule has 2 aliphatic rings. The number of hydrogen-bond donors (Lipinski definition) is 0. The highest BCUT2D eigenvalue weighted by Gasteiger charge is 2.28. The zero-order chi connectivity index (χ0) is 16.5. The van der Waals surface area contributed by atoms with E-state index in [0.717, 1.165) is 63.0 Å². The molecular formula is C18H24N4O2. The summed E-state index contributed by atoms with van der Waals surface area (Å²) in [7, 11) is 0. The third-order valence-corrected chi connectivity index (χ3v) is 4.96. The van der Waals surface area contributed by atoms with Crippen LogP contribution < -0.4 is 0 Å². The van der Waals surface area contributed by atoms with Crippen LogP contribution >= 0.6 is 0 Å². The van der Waals surface area contributed by atoms with Crippen LogP contribution in [0.1, 0.15) is 30.2 Å². The summed E-state index contributed by atoms with van der Waals surface area (Å²) in [5.74, 6) is 3.74. The molecule has 128 valence electrons. The minimum absolute atomic E-state index is 0.304. The smallest absolute Gasteiger partial charge is 0.222 e. The Bertz CT molecular complexity index is 720. The summed E-state index contributed by atoms with van der Waals surface area (Å²) in [6.45, 7) is 7.19. The van der Waals surface area contributed by atoms with Gasteiger partial charge in [-0.1, -0.05) is 0 Å². The third kappa shape index (κ3) is 3.24. The maximum atomic E-state index is 12.0. The molecule has 0 aliphatic carbocycles. The average Bonchev–Trinajstić information content (AvgIpc) is 3.22. The number of hydrogen-bond acceptors (Lipinski definition) is 4. The van der Waals surface area contributed by atoms with Gasteiger partial charge in [0.05, 0.1) is 13.1 Å². The summed E-state index contributed by atoms with van der Waals surface area (Å²) < 4.78 is 7.98. The molecule has 1 amide bonds. The van der Waals surface area contributed by atoms with E-state index >= 15 is 0 Å². The standard InChI is InChI=1S/C18H24N4O2/c1-14-4-5-16(24-14)12-20-9-15(11-22-7-2-3-18(22)23)10-21-8-6-19-17(21)13-20/h4-6,8,15H,2-3,7,9-13H2,1H3/t15-/m1/s1. The van der Waals surface area contributed by atoms with E-state index in [1.165, 1.54) is 0 Å². The second-order valence-electron chi connectivity index (χ2n) is 6.99. The number of aryl methyl sites for hydroxylation is 1. The van der Waals surface area contributed by atoms with E-state index in [4.69, 9.17) is 4.42 Å². The number of nitrogens with zero attached hydrogens (tertiary/aromatic N) is 4. The molecule has 24 heavy (non-hydrogen) atoms. The molecule has 1 fully saturated rings. The number of carbonyl (C=O) groups is 1. The molecule has 4 rings (SSSR count). The van der Waals surface area contributed by atoms with Crippen molar-refractivity contribution in [3.8, 4) is 0 Å². The third-order valence-electron chi connectivity index (χ3n) is 4.96. The number of aromatic nitrogens is 2. The van der Waals surface area contributed by atoms with Gasteiger partial charge in [0.1, 0.15) is 17.3 Å². The number of carbonyl (C=O) groups excluding carboxylic acids is 1. The second-order valence-corrected chi connectivity index (χ2v) is 6.99. The number of amides is 1. The Kier molecular flexibility index (Phi) is 4.14. The van der Waals surface area contributed by atoms with E-state index in [0.29, 0.717) is 18.2 Å². The van der Waals surface area contributed by atoms with Crippen LogP contribution in [0, 0.1) is 12.8 Å². The van der Waals surface area contributed by atoms with Crippen LogP contribution in [0.25, 0.3) is 0 Å². The summed E-state index contributed by atoms with van der Waals surface area (Å²) in [5.41, 5.74) is 0. The highest BCUT2D eigenvalue weighted by Crippen LogP contribution is 2.21. The molecule has 0 saturated carbocycles. The Balaban J connectivity index is 1.50. The van der Waals surface area contributed by atoms with E-state index in [-0.39, 0.29) is 0 Å². The molecule has 1 atom stereocenters. The van der Waals surface area contributed by atoms with Gasteiger partial charge in [-0.25, -0.2) is 4.98 Å². The summed E-state index contributed by atoms with van der Waals surface area (Å²) >= 11 is 0. The lowest BCUT2D eigenvalue weighted by atomic mass is 10.1. The first-order chi connectivity index (χ1) is 11.7. The van der Waals surface area contributed by atoms with Crippen molar-refractivity contribution in [3.05, 3.63) is 41.9 Å². The first-order valence-corrected chi connectivity index (χ1v) is 8.73. The van der Waals surface area contributed by atoms with Gasteiger partial charge in [0.25, 0.3) is 0 Å². The molecule has 0 radical (unpaired) electrons. The molecule has 2 aromatic heterocycles. The Morgan fingerprint density at radius 3 is 3.00 bits per heavy atom. The minimum atomic E-state index is 0.304. The van der Waals surface area contributed by atoms with Gasteiger partial charge in [0, 0.05) is 50.9 Å². The number of imidazole rings is 1. The Morgan fingerprint density at radius 1 is 1.33 bits per heavy atom. The predicted octanol–water partition coefficient (Wildman–Crippen LogP) is 2.04. The molecule has 6 nitrogen and oxygen atoms in total.